The number of nitrogens with zero attached hydrogens (tertiary/aromatic N) is 3. The van der Waals surface area contributed by atoms with Crippen LogP contribution in [0.25, 0.3) is 10.8 Å². The molecule has 0 spiro atoms. The third-order valence-electron chi connectivity index (χ3n) is 6.47. The van der Waals surface area contributed by atoms with Crippen molar-refractivity contribution >= 4 is 82.9 Å². The number of hydrogen-bond donors (Lipinski definition) is 8. The van der Waals surface area contributed by atoms with Crippen LogP contribution in [0.1, 0.15) is 11.1 Å². The van der Waals surface area contributed by atoms with Crippen LogP contribution in [0.5, 0.6) is 5.75 Å². The Hall–Kier alpha value is -4.94. The highest BCUT2D eigenvalue weighted by atomic mass is 35.5. The number of fused-ring (bicyclic) bond motifs is 1. The fourth-order valence-corrected chi connectivity index (χ4v) is 5.99. The summed E-state index contributed by atoms with van der Waals surface area (Å²) in [6, 6.07) is 14.6. The highest BCUT2D eigenvalue weighted by Crippen LogP contribution is 2.39. The van der Waals surface area contributed by atoms with Crippen LogP contribution in [0.15, 0.2) is 70.5 Å². The second-order valence-corrected chi connectivity index (χ2v) is 12.9. The molecular weight excluding hydrogens is 648 g/mol. The SMILES string of the molecule is Cc1cc(O)c2c(NNc3ccc(Nc4nc(Cl)nc(Nc5ccccc5S(=O)(=O)O)n4)cc3S(=O)(=O)O)c(N)c(C)cc2c1. The quantitative estimate of drug-likeness (QED) is 0.0583. The minimum atomic E-state index is -4.80. The Morgan fingerprint density at radius 1 is 0.778 bits per heavy atom. The van der Waals surface area contributed by atoms with E-state index in [-0.39, 0.29) is 40.0 Å². The molecule has 0 fully saturated rings. The molecule has 0 radical (unpaired) electrons. The van der Waals surface area contributed by atoms with Gasteiger partial charge in [0.05, 0.1) is 28.1 Å². The summed E-state index contributed by atoms with van der Waals surface area (Å²) in [5.41, 5.74) is 14.0. The molecule has 0 saturated carbocycles. The molecule has 4 aromatic carbocycles. The normalized spacial score (nSPS) is 11.8. The van der Waals surface area contributed by atoms with Crippen molar-refractivity contribution in [1.29, 1.82) is 0 Å². The predicted molar refractivity (Wildman–Crippen MR) is 171 cm³/mol. The summed E-state index contributed by atoms with van der Waals surface area (Å²) in [6.45, 7) is 3.61. The Bertz CT molecular complexity index is 2200. The smallest absolute Gasteiger partial charge is 0.296 e. The molecule has 5 aromatic rings. The van der Waals surface area contributed by atoms with Crippen LogP contribution in [0, 0.1) is 13.8 Å². The lowest BCUT2D eigenvalue weighted by atomic mass is 10.0. The number of aromatic hydroxyl groups is 1. The minimum absolute atomic E-state index is 0.0399. The van der Waals surface area contributed by atoms with Gasteiger partial charge in [0, 0.05) is 5.69 Å². The van der Waals surface area contributed by atoms with Crippen molar-refractivity contribution in [2.75, 3.05) is 27.2 Å². The second-order valence-electron chi connectivity index (χ2n) is 9.77. The van der Waals surface area contributed by atoms with E-state index in [2.05, 4.69) is 36.4 Å². The molecule has 0 aliphatic carbocycles. The number of nitrogens with two attached hydrogens (primary N) is 1. The number of benzene rings is 4. The number of hydrogen-bond acceptors (Lipinski definition) is 13. The first-order valence-electron chi connectivity index (χ1n) is 12.8. The molecular formula is C27H25ClN8O7S2. The molecule has 234 valence electrons. The van der Waals surface area contributed by atoms with Gasteiger partial charge in [-0.05, 0) is 84.4 Å². The number of hydrazine groups is 1. The molecule has 0 aliphatic heterocycles. The predicted octanol–water partition coefficient (Wildman–Crippen LogP) is 5.00. The fraction of sp³-hybridized carbons (Fsp3) is 0.0741. The molecule has 0 atom stereocenters. The van der Waals surface area contributed by atoms with Crippen LogP contribution in [0.2, 0.25) is 5.28 Å². The van der Waals surface area contributed by atoms with Crippen molar-refractivity contribution in [3.63, 3.8) is 0 Å². The Kier molecular flexibility index (Phi) is 8.30. The largest absolute Gasteiger partial charge is 0.507 e. The van der Waals surface area contributed by atoms with Gasteiger partial charge in [0.2, 0.25) is 17.2 Å². The van der Waals surface area contributed by atoms with Gasteiger partial charge >= 0.3 is 0 Å². The average Bonchev–Trinajstić information content (AvgIpc) is 2.92. The molecule has 9 N–H and O–H groups in total. The van der Waals surface area contributed by atoms with E-state index in [1.807, 2.05) is 19.1 Å². The highest BCUT2D eigenvalue weighted by Gasteiger charge is 2.20. The van der Waals surface area contributed by atoms with Crippen molar-refractivity contribution < 1.29 is 31.0 Å². The summed E-state index contributed by atoms with van der Waals surface area (Å²) < 4.78 is 67.7. The fourth-order valence-electron chi connectivity index (χ4n) is 4.51. The maximum Gasteiger partial charge on any atom is 0.296 e. The molecule has 1 heterocycles. The van der Waals surface area contributed by atoms with Crippen LogP contribution in [0.3, 0.4) is 0 Å². The van der Waals surface area contributed by atoms with E-state index in [1.54, 1.807) is 13.0 Å². The number of para-hydroxylation sites is 1. The van der Waals surface area contributed by atoms with Gasteiger partial charge in [-0.1, -0.05) is 18.2 Å². The van der Waals surface area contributed by atoms with E-state index < -0.39 is 30.0 Å². The monoisotopic (exact) mass is 672 g/mol. The lowest BCUT2D eigenvalue weighted by Gasteiger charge is -2.19. The van der Waals surface area contributed by atoms with Crippen LogP contribution in [-0.4, -0.2) is 46.0 Å². The van der Waals surface area contributed by atoms with Gasteiger partial charge in [-0.25, -0.2) is 0 Å². The summed E-state index contributed by atoms with van der Waals surface area (Å²) in [5.74, 6) is -0.416. The van der Waals surface area contributed by atoms with Gasteiger partial charge in [-0.3, -0.25) is 20.0 Å². The third kappa shape index (κ3) is 6.92. The number of aryl methyl sites for hydroxylation is 2. The summed E-state index contributed by atoms with van der Waals surface area (Å²) in [6.07, 6.45) is 0. The van der Waals surface area contributed by atoms with Crippen molar-refractivity contribution in [3.8, 4) is 5.75 Å². The molecule has 0 amide bonds. The summed E-state index contributed by atoms with van der Waals surface area (Å²) in [5, 5.41) is 16.8. The third-order valence-corrected chi connectivity index (χ3v) is 8.44. The Labute approximate surface area is 262 Å². The molecule has 18 heteroatoms. The molecule has 0 bridgehead atoms. The van der Waals surface area contributed by atoms with Gasteiger partial charge in [0.1, 0.15) is 15.5 Å². The van der Waals surface area contributed by atoms with E-state index in [0.717, 1.165) is 11.6 Å². The number of nitrogens with one attached hydrogen (secondary N) is 4. The van der Waals surface area contributed by atoms with Crippen molar-refractivity contribution in [2.45, 2.75) is 23.6 Å². The number of aromatic nitrogens is 3. The van der Waals surface area contributed by atoms with Gasteiger partial charge in [-0.2, -0.15) is 31.8 Å². The molecule has 0 aliphatic rings. The summed E-state index contributed by atoms with van der Waals surface area (Å²) in [7, 11) is -9.38. The lowest BCUT2D eigenvalue weighted by Crippen LogP contribution is -2.15. The second kappa shape index (κ2) is 11.9. The first-order chi connectivity index (χ1) is 21.1. The maximum atomic E-state index is 12.4. The Morgan fingerprint density at radius 2 is 1.44 bits per heavy atom. The zero-order valence-corrected chi connectivity index (χ0v) is 25.8. The highest BCUT2D eigenvalue weighted by molar-refractivity contribution is 7.86. The van der Waals surface area contributed by atoms with E-state index in [1.165, 1.54) is 36.4 Å². The topological polar surface area (TPSA) is 242 Å². The van der Waals surface area contributed by atoms with Gasteiger partial charge in [0.25, 0.3) is 20.2 Å². The first kappa shape index (κ1) is 31.5. The summed E-state index contributed by atoms with van der Waals surface area (Å²) in [4.78, 5) is 11.0. The maximum absolute atomic E-state index is 12.4. The average molecular weight is 673 g/mol. The molecule has 45 heavy (non-hydrogen) atoms. The standard InChI is InChI=1S/C27H25ClN8O7S2/c1-13-9-15-11-14(2)23(29)24(22(15)19(37)10-13)36-35-18-8-7-16(12-21(18)45(41,42)43)30-26-32-25(28)33-27(34-26)31-17-5-3-4-6-20(17)44(38,39)40/h3-12,35-37H,29H2,1-2H3,(H,38,39,40)(H,41,42,43)(H2,30,31,32,33,34). The zero-order valence-electron chi connectivity index (χ0n) is 23.4. The Morgan fingerprint density at radius 3 is 2.13 bits per heavy atom. The number of halogens is 1. The van der Waals surface area contributed by atoms with E-state index >= 15 is 0 Å². The Balaban J connectivity index is 1.45. The van der Waals surface area contributed by atoms with Crippen LogP contribution in [0.4, 0.5) is 40.3 Å². The minimum Gasteiger partial charge on any atom is -0.507 e. The number of anilines is 7. The summed E-state index contributed by atoms with van der Waals surface area (Å²) >= 11 is 6.03. The molecule has 5 rings (SSSR count). The first-order valence-corrected chi connectivity index (χ1v) is 16.0. The number of phenols is 1. The lowest BCUT2D eigenvalue weighted by molar-refractivity contribution is 0.481. The van der Waals surface area contributed by atoms with Gasteiger partial charge < -0.3 is 21.5 Å². The van der Waals surface area contributed by atoms with Crippen LogP contribution in [-0.2, 0) is 20.2 Å². The molecule has 1 aromatic heterocycles. The van der Waals surface area contributed by atoms with E-state index in [4.69, 9.17) is 17.3 Å². The van der Waals surface area contributed by atoms with Crippen molar-refractivity contribution in [1.82, 2.24) is 15.0 Å². The van der Waals surface area contributed by atoms with Crippen molar-refractivity contribution in [3.05, 3.63) is 77.1 Å². The molecule has 0 unspecified atom stereocenters. The number of nitrogen functional groups attached to an aromatic ring is 1. The van der Waals surface area contributed by atoms with Crippen LogP contribution < -0.4 is 27.2 Å². The van der Waals surface area contributed by atoms with Crippen LogP contribution >= 0.6 is 11.6 Å². The van der Waals surface area contributed by atoms with E-state index in [9.17, 15) is 31.0 Å². The van der Waals surface area contributed by atoms with Gasteiger partial charge in [-0.15, -0.1) is 0 Å². The van der Waals surface area contributed by atoms with Crippen molar-refractivity contribution in [2.24, 2.45) is 0 Å². The zero-order chi connectivity index (χ0) is 32.7. The molecule has 0 saturated heterocycles. The van der Waals surface area contributed by atoms with E-state index in [0.29, 0.717) is 27.7 Å². The molecule has 15 nitrogen and oxygen atoms in total. The number of rotatable bonds is 9. The number of phenolic OH excluding ortho intramolecular Hbond substituents is 1. The van der Waals surface area contributed by atoms with Gasteiger partial charge in [0.15, 0.2) is 0 Å².